The summed E-state index contributed by atoms with van der Waals surface area (Å²) in [4.78, 5) is 14.4. The molecule has 266 valence electrons. The first-order valence-electron chi connectivity index (χ1n) is 19.0. The molecule has 8 heterocycles. The minimum absolute atomic E-state index is 0.209. The van der Waals surface area contributed by atoms with Crippen LogP contribution in [0.5, 0.6) is 0 Å². The molecule has 0 bridgehead atoms. The lowest BCUT2D eigenvalue weighted by Crippen LogP contribution is -2.70. The Kier molecular flexibility index (Phi) is 6.64. The second-order valence-corrected chi connectivity index (χ2v) is 16.2. The molecule has 6 aliphatic heterocycles. The van der Waals surface area contributed by atoms with E-state index in [1.807, 2.05) is 55.5 Å². The van der Waals surface area contributed by atoms with Crippen molar-refractivity contribution >= 4 is 41.4 Å². The first kappa shape index (κ1) is 32.6. The largest absolute Gasteiger partial charge is 0.553 e. The van der Waals surface area contributed by atoms with E-state index >= 15 is 0 Å². The number of allylic oxidation sites excluding steroid dienone is 2. The van der Waals surface area contributed by atoms with Gasteiger partial charge in [0.05, 0.1) is 58.8 Å². The number of rotatable bonds is 4. The number of hydrogen-bond donors (Lipinski definition) is 0. The monoisotopic (exact) mass is 710 g/mol. The zero-order chi connectivity index (χ0) is 37.3. The summed E-state index contributed by atoms with van der Waals surface area (Å²) in [6, 6.07) is 20.2. The van der Waals surface area contributed by atoms with Gasteiger partial charge < -0.3 is 9.47 Å². The first-order chi connectivity index (χ1) is 26.1. The molecule has 0 fully saturated rings. The van der Waals surface area contributed by atoms with Gasteiger partial charge in [0.25, 0.3) is 0 Å². The Morgan fingerprint density at radius 3 is 2.07 bits per heavy atom. The number of hydrogen-bond acceptors (Lipinski definition) is 3. The molecule has 1 spiro atoms. The van der Waals surface area contributed by atoms with Crippen molar-refractivity contribution in [1.29, 1.82) is 0 Å². The Bertz CT molecular complexity index is 2810. The van der Waals surface area contributed by atoms with Gasteiger partial charge >= 0.3 is 11.9 Å². The van der Waals surface area contributed by atoms with Crippen LogP contribution in [0.3, 0.4) is 0 Å². The van der Waals surface area contributed by atoms with Crippen LogP contribution in [0.2, 0.25) is 0 Å². The molecule has 0 saturated heterocycles. The fourth-order valence-electron chi connectivity index (χ4n) is 9.86. The third-order valence-corrected chi connectivity index (χ3v) is 12.0. The fourth-order valence-corrected chi connectivity index (χ4v) is 9.86. The summed E-state index contributed by atoms with van der Waals surface area (Å²) in [7, 11) is 1.80. The van der Waals surface area contributed by atoms with Crippen molar-refractivity contribution in [3.63, 3.8) is 0 Å². The van der Waals surface area contributed by atoms with Gasteiger partial charge in [-0.3, -0.25) is 0 Å². The summed E-state index contributed by atoms with van der Waals surface area (Å²) in [5, 5.41) is 2.09. The molecular formula is C47H42N4O3+2. The zero-order valence-electron chi connectivity index (χ0n) is 31.8. The van der Waals surface area contributed by atoms with Gasteiger partial charge in [0.15, 0.2) is 5.70 Å². The highest BCUT2D eigenvalue weighted by Gasteiger charge is 2.76. The summed E-state index contributed by atoms with van der Waals surface area (Å²) < 4.78 is 22.3. The fraction of sp³-hybridized carbons (Fsp3) is 0.298. The van der Waals surface area contributed by atoms with Crippen LogP contribution in [0.1, 0.15) is 104 Å². The molecule has 54 heavy (non-hydrogen) atoms. The number of esters is 1. The van der Waals surface area contributed by atoms with Gasteiger partial charge in [0.1, 0.15) is 10.9 Å². The van der Waals surface area contributed by atoms with E-state index in [0.29, 0.717) is 11.1 Å². The second-order valence-electron chi connectivity index (χ2n) is 16.2. The Morgan fingerprint density at radius 1 is 0.778 bits per heavy atom. The van der Waals surface area contributed by atoms with Crippen molar-refractivity contribution in [3.8, 4) is 23.7 Å². The third-order valence-electron chi connectivity index (χ3n) is 12.0. The number of carbonyl (C=O) groups excluding carboxylic acids is 1. The number of ether oxygens (including phenoxy) is 2. The number of methoxy groups -OCH3 is 1. The van der Waals surface area contributed by atoms with E-state index in [2.05, 4.69) is 107 Å². The molecule has 1 atom stereocenters. The van der Waals surface area contributed by atoms with Gasteiger partial charge in [0.2, 0.25) is 22.9 Å². The van der Waals surface area contributed by atoms with Crippen molar-refractivity contribution in [2.45, 2.75) is 66.7 Å². The van der Waals surface area contributed by atoms with Gasteiger partial charge in [-0.15, -0.1) is 0 Å². The van der Waals surface area contributed by atoms with Crippen LogP contribution in [0.4, 0.5) is 0 Å². The molecule has 0 unspecified atom stereocenters. The number of aromatic nitrogens is 2. The molecule has 4 aromatic rings. The SMILES string of the molecule is CCOC(=O)c1c(C#Cc2ccccc2)c2n3c1C=C1CC(C)(C)C4=[N+]1[C@@]31n3c(c(C#Cc5ccccc5)c(CC)c3=C(OC)C3=[N+]1C(=C2)C(C)(C)C3)=C4. The van der Waals surface area contributed by atoms with E-state index in [0.717, 1.165) is 86.5 Å². The molecule has 0 amide bonds. The smallest absolute Gasteiger partial charge is 0.489 e. The maximum atomic E-state index is 14.4. The lowest BCUT2D eigenvalue weighted by Gasteiger charge is -2.39. The van der Waals surface area contributed by atoms with Crippen molar-refractivity contribution in [2.24, 2.45) is 10.8 Å². The quantitative estimate of drug-likeness (QED) is 0.149. The molecule has 0 saturated carbocycles. The Labute approximate surface area is 315 Å². The van der Waals surface area contributed by atoms with Gasteiger partial charge in [-0.25, -0.2) is 4.79 Å². The Balaban J connectivity index is 1.43. The lowest BCUT2D eigenvalue weighted by molar-refractivity contribution is -0.838. The predicted molar refractivity (Wildman–Crippen MR) is 210 cm³/mol. The third kappa shape index (κ3) is 3.97. The van der Waals surface area contributed by atoms with Crippen molar-refractivity contribution in [2.75, 3.05) is 13.7 Å². The molecule has 2 aromatic heterocycles. The summed E-state index contributed by atoms with van der Waals surface area (Å²) in [6.07, 6.45) is 9.21. The van der Waals surface area contributed by atoms with Crippen molar-refractivity contribution < 1.29 is 23.4 Å². The zero-order valence-corrected chi connectivity index (χ0v) is 31.8. The van der Waals surface area contributed by atoms with Crippen LogP contribution in [-0.4, -0.2) is 49.4 Å². The van der Waals surface area contributed by atoms with Crippen LogP contribution in [-0.2, 0) is 21.8 Å². The van der Waals surface area contributed by atoms with Gasteiger partial charge in [-0.1, -0.05) is 76.2 Å². The molecule has 0 aliphatic carbocycles. The number of benzene rings is 2. The van der Waals surface area contributed by atoms with E-state index in [4.69, 9.17) is 9.47 Å². The highest BCUT2D eigenvalue weighted by Crippen LogP contribution is 2.55. The number of nitrogens with zero attached hydrogens (tertiary/aromatic N) is 4. The van der Waals surface area contributed by atoms with Crippen molar-refractivity contribution in [3.05, 3.63) is 128 Å². The molecule has 2 aromatic carbocycles. The van der Waals surface area contributed by atoms with Crippen molar-refractivity contribution in [1.82, 2.24) is 9.13 Å². The lowest BCUT2D eigenvalue weighted by atomic mass is 9.84. The van der Waals surface area contributed by atoms with E-state index in [-0.39, 0.29) is 23.4 Å². The average Bonchev–Trinajstić information content (AvgIpc) is 3.83. The summed E-state index contributed by atoms with van der Waals surface area (Å²) in [5.41, 5.74) is 11.1. The van der Waals surface area contributed by atoms with E-state index < -0.39 is 5.91 Å². The topological polar surface area (TPSA) is 51.4 Å². The van der Waals surface area contributed by atoms with E-state index in [1.165, 1.54) is 5.71 Å². The molecule has 7 nitrogen and oxygen atoms in total. The normalized spacial score (nSPS) is 20.8. The summed E-state index contributed by atoms with van der Waals surface area (Å²) in [5.74, 6) is 13.7. The summed E-state index contributed by atoms with van der Waals surface area (Å²) >= 11 is 0. The van der Waals surface area contributed by atoms with E-state index in [9.17, 15) is 4.79 Å². The maximum absolute atomic E-state index is 14.4. The van der Waals surface area contributed by atoms with Gasteiger partial charge in [0, 0.05) is 35.8 Å². The Morgan fingerprint density at radius 2 is 1.44 bits per heavy atom. The summed E-state index contributed by atoms with van der Waals surface area (Å²) in [6.45, 7) is 13.6. The average molecular weight is 711 g/mol. The highest BCUT2D eigenvalue weighted by atomic mass is 16.5. The van der Waals surface area contributed by atoms with Crippen LogP contribution >= 0.6 is 0 Å². The molecule has 10 rings (SSSR count). The van der Waals surface area contributed by atoms with Crippen LogP contribution in [0.15, 0.2) is 72.1 Å². The highest BCUT2D eigenvalue weighted by molar-refractivity contribution is 6.16. The molecule has 6 aliphatic rings. The Hall–Kier alpha value is -6.05. The van der Waals surface area contributed by atoms with E-state index in [1.54, 1.807) is 7.11 Å². The molecule has 0 N–H and O–H groups in total. The predicted octanol–water partition coefficient (Wildman–Crippen LogP) is 5.98. The first-order valence-corrected chi connectivity index (χ1v) is 19.0. The van der Waals surface area contributed by atoms with Crippen LogP contribution < -0.4 is 10.7 Å². The van der Waals surface area contributed by atoms with Gasteiger partial charge in [-0.05, 0) is 70.9 Å². The molecule has 0 radical (unpaired) electrons. The van der Waals surface area contributed by atoms with Gasteiger partial charge in [-0.2, -0.15) is 9.13 Å². The van der Waals surface area contributed by atoms with Crippen LogP contribution in [0.25, 0.3) is 24.0 Å². The second kappa shape index (κ2) is 11.0. The molecular weight excluding hydrogens is 669 g/mol. The maximum Gasteiger partial charge on any atom is 0.553 e. The standard InChI is InChI=1S/C47H42N4O3/c1-8-32-33(22-20-29-16-12-10-13-17-29)35-25-39-45(3,4)27-31-24-37-41(44(52)54-9-2)34(23-21-30-18-14-11-15-19-30)36-26-40-46(5,6)28-38-43(53-7)42(32)51(35)47(48(31)39,49(36)37)50(38)40/h10-19,24-26H,8-9,27-28H2,1-7H3/q+2/t47-/m1/s1. The molecule has 7 heteroatoms. The number of carbonyl (C=O) groups is 1. The minimum atomic E-state index is -0.975. The van der Waals surface area contributed by atoms with Crippen LogP contribution in [0, 0.1) is 34.5 Å². The minimum Gasteiger partial charge on any atom is -0.489 e.